The molecule has 0 fully saturated rings. The van der Waals surface area contributed by atoms with E-state index in [1.54, 1.807) is 20.1 Å². The molecule has 1 amide bonds. The van der Waals surface area contributed by atoms with Crippen molar-refractivity contribution in [2.24, 2.45) is 5.73 Å². The van der Waals surface area contributed by atoms with E-state index in [-0.39, 0.29) is 12.6 Å². The van der Waals surface area contributed by atoms with Crippen LogP contribution in [-0.2, 0) is 25.1 Å². The third-order valence-corrected chi connectivity index (χ3v) is 2.86. The molecule has 0 bridgehead atoms. The van der Waals surface area contributed by atoms with Crippen molar-refractivity contribution in [3.63, 3.8) is 0 Å². The molecule has 7 heteroatoms. The van der Waals surface area contributed by atoms with E-state index in [0.717, 1.165) is 0 Å². The van der Waals surface area contributed by atoms with Crippen LogP contribution in [0.25, 0.3) is 0 Å². The van der Waals surface area contributed by atoms with Crippen LogP contribution in [0.4, 0.5) is 0 Å². The lowest BCUT2D eigenvalue weighted by molar-refractivity contribution is -0.148. The zero-order chi connectivity index (χ0) is 13.4. The van der Waals surface area contributed by atoms with E-state index in [2.05, 4.69) is 10.1 Å². The van der Waals surface area contributed by atoms with Gasteiger partial charge in [0.15, 0.2) is 6.04 Å². The molecule has 0 aliphatic rings. The van der Waals surface area contributed by atoms with Crippen LogP contribution in [-0.4, -0.2) is 46.8 Å². The van der Waals surface area contributed by atoms with Crippen LogP contribution in [0.1, 0.15) is 20.3 Å². The van der Waals surface area contributed by atoms with Gasteiger partial charge in [0.25, 0.3) is 0 Å². The van der Waals surface area contributed by atoms with Crippen LogP contribution in [0.3, 0.4) is 0 Å². The molecular formula is C10H20N2O4S. The maximum atomic E-state index is 11.5. The van der Waals surface area contributed by atoms with Gasteiger partial charge < -0.3 is 15.8 Å². The second-order valence-electron chi connectivity index (χ2n) is 3.71. The summed E-state index contributed by atoms with van der Waals surface area (Å²) < 4.78 is 15.5. The normalized spacial score (nSPS) is 15.8. The van der Waals surface area contributed by atoms with Crippen molar-refractivity contribution in [3.05, 3.63) is 0 Å². The van der Waals surface area contributed by atoms with Gasteiger partial charge >= 0.3 is 5.97 Å². The first-order valence-corrected chi connectivity index (χ1v) is 7.13. The van der Waals surface area contributed by atoms with E-state index in [1.807, 2.05) is 0 Å². The Morgan fingerprint density at radius 1 is 1.47 bits per heavy atom. The molecule has 3 atom stereocenters. The van der Waals surface area contributed by atoms with Gasteiger partial charge in [0.2, 0.25) is 5.91 Å². The van der Waals surface area contributed by atoms with Crippen molar-refractivity contribution in [1.29, 1.82) is 0 Å². The Labute approximate surface area is 104 Å². The lowest BCUT2D eigenvalue weighted by Crippen LogP contribution is -2.49. The Balaban J connectivity index is 4.06. The number of amides is 1. The van der Waals surface area contributed by atoms with Crippen molar-refractivity contribution in [2.75, 3.05) is 18.6 Å². The first-order valence-electron chi connectivity index (χ1n) is 5.41. The van der Waals surface area contributed by atoms with Gasteiger partial charge in [0, 0.05) is 28.9 Å². The third kappa shape index (κ3) is 7.06. The Kier molecular flexibility index (Phi) is 7.73. The number of carbonyl (C=O) groups excluding carboxylic acids is 2. The quantitative estimate of drug-likeness (QED) is 0.461. The van der Waals surface area contributed by atoms with Gasteiger partial charge in [-0.05, 0) is 20.3 Å². The third-order valence-electron chi connectivity index (χ3n) is 2.05. The Bertz CT molecular complexity index is 296. The van der Waals surface area contributed by atoms with Gasteiger partial charge in [0.1, 0.15) is 0 Å². The Morgan fingerprint density at radius 2 is 2.06 bits per heavy atom. The fourth-order valence-electron chi connectivity index (χ4n) is 1.09. The summed E-state index contributed by atoms with van der Waals surface area (Å²) in [6.45, 7) is 3.59. The monoisotopic (exact) mass is 264 g/mol. The summed E-state index contributed by atoms with van der Waals surface area (Å²) in [4.78, 5) is 22.7. The summed E-state index contributed by atoms with van der Waals surface area (Å²) in [5.41, 5.74) is 5.40. The largest absolute Gasteiger partial charge is 0.464 e. The van der Waals surface area contributed by atoms with Crippen LogP contribution >= 0.6 is 0 Å². The molecule has 0 saturated heterocycles. The van der Waals surface area contributed by atoms with E-state index < -0.39 is 28.7 Å². The van der Waals surface area contributed by atoms with Crippen LogP contribution in [0.15, 0.2) is 0 Å². The average molecular weight is 264 g/mol. The first kappa shape index (κ1) is 16.1. The molecule has 0 aliphatic carbocycles. The van der Waals surface area contributed by atoms with Crippen LogP contribution in [0.5, 0.6) is 0 Å². The van der Waals surface area contributed by atoms with Crippen LogP contribution in [0, 0.1) is 0 Å². The molecule has 0 aliphatic heterocycles. The van der Waals surface area contributed by atoms with Gasteiger partial charge in [-0.3, -0.25) is 9.00 Å². The molecule has 0 spiro atoms. The predicted octanol–water partition coefficient (Wildman–Crippen LogP) is -0.850. The minimum absolute atomic E-state index is 0.174. The highest BCUT2D eigenvalue weighted by Gasteiger charge is 2.24. The summed E-state index contributed by atoms with van der Waals surface area (Å²) in [6.07, 6.45) is 2.17. The number of nitrogens with one attached hydrogen (secondary N) is 1. The molecule has 0 aromatic rings. The number of esters is 1. The molecule has 3 N–H and O–H groups in total. The molecule has 0 rings (SSSR count). The summed E-state index contributed by atoms with van der Waals surface area (Å²) in [5, 5.41) is 2.58. The highest BCUT2D eigenvalue weighted by atomic mass is 32.2. The Morgan fingerprint density at radius 3 is 2.53 bits per heavy atom. The number of nitrogens with two attached hydrogens (primary N) is 1. The molecule has 6 nitrogen and oxygen atoms in total. The second kappa shape index (κ2) is 8.19. The van der Waals surface area contributed by atoms with Crippen molar-refractivity contribution in [2.45, 2.75) is 32.4 Å². The average Bonchev–Trinajstić information content (AvgIpc) is 2.25. The maximum Gasteiger partial charge on any atom is 0.332 e. The van der Waals surface area contributed by atoms with Crippen molar-refractivity contribution in [3.8, 4) is 0 Å². The molecular weight excluding hydrogens is 244 g/mol. The van der Waals surface area contributed by atoms with E-state index in [0.29, 0.717) is 12.2 Å². The van der Waals surface area contributed by atoms with Gasteiger partial charge in [-0.25, -0.2) is 4.79 Å². The molecule has 0 saturated carbocycles. The lowest BCUT2D eigenvalue weighted by Gasteiger charge is -2.16. The number of hydrogen-bond acceptors (Lipinski definition) is 5. The van der Waals surface area contributed by atoms with E-state index >= 15 is 0 Å². The van der Waals surface area contributed by atoms with Crippen molar-refractivity contribution in [1.82, 2.24) is 5.32 Å². The van der Waals surface area contributed by atoms with Crippen molar-refractivity contribution < 1.29 is 18.5 Å². The lowest BCUT2D eigenvalue weighted by atomic mass is 10.2. The predicted molar refractivity (Wildman–Crippen MR) is 65.8 cm³/mol. The van der Waals surface area contributed by atoms with E-state index in [9.17, 15) is 13.8 Å². The highest BCUT2D eigenvalue weighted by molar-refractivity contribution is 7.84. The van der Waals surface area contributed by atoms with Gasteiger partial charge in [0.05, 0.1) is 6.61 Å². The Hall–Kier alpha value is -0.950. The van der Waals surface area contributed by atoms with Crippen LogP contribution < -0.4 is 11.1 Å². The van der Waals surface area contributed by atoms with Gasteiger partial charge in [-0.15, -0.1) is 0 Å². The molecule has 0 aromatic carbocycles. The molecule has 100 valence electrons. The minimum Gasteiger partial charge on any atom is -0.464 e. The number of carbonyl (C=O) groups is 2. The minimum atomic E-state index is -1.30. The fraction of sp³-hybridized carbons (Fsp3) is 0.800. The summed E-state index contributed by atoms with van der Waals surface area (Å²) in [6, 6.07) is -1.48. The zero-order valence-electron chi connectivity index (χ0n) is 10.4. The highest BCUT2D eigenvalue weighted by Crippen LogP contribution is 1.94. The second-order valence-corrected chi connectivity index (χ2v) is 5.26. The smallest absolute Gasteiger partial charge is 0.332 e. The summed E-state index contributed by atoms with van der Waals surface area (Å²) >= 11 is 0. The van der Waals surface area contributed by atoms with E-state index in [1.165, 1.54) is 0 Å². The molecule has 0 radical (unpaired) electrons. The van der Waals surface area contributed by atoms with Gasteiger partial charge in [-0.2, -0.15) is 0 Å². The SMILES string of the molecule is CCOC(=O)C(N)C(=O)NC(C)CCS(C)=O. The number of hydrogen-bond donors (Lipinski definition) is 2. The van der Waals surface area contributed by atoms with Gasteiger partial charge in [-0.1, -0.05) is 0 Å². The molecule has 17 heavy (non-hydrogen) atoms. The molecule has 0 heterocycles. The van der Waals surface area contributed by atoms with E-state index in [4.69, 9.17) is 5.73 Å². The summed E-state index contributed by atoms with van der Waals surface area (Å²) in [7, 11) is -0.898. The maximum absolute atomic E-state index is 11.5. The molecule has 0 aromatic heterocycles. The zero-order valence-corrected chi connectivity index (χ0v) is 11.2. The number of ether oxygens (including phenoxy) is 1. The number of rotatable bonds is 7. The topological polar surface area (TPSA) is 98.5 Å². The standard InChI is InChI=1S/C10H20N2O4S/c1-4-16-10(14)8(11)9(13)12-7(2)5-6-17(3)15/h7-8H,4-6,11H2,1-3H3,(H,12,13). The van der Waals surface area contributed by atoms with Crippen molar-refractivity contribution >= 4 is 22.7 Å². The first-order chi connectivity index (χ1) is 7.88. The van der Waals surface area contributed by atoms with Crippen LogP contribution in [0.2, 0.25) is 0 Å². The fourth-order valence-corrected chi connectivity index (χ4v) is 1.77. The summed E-state index contributed by atoms with van der Waals surface area (Å²) in [5.74, 6) is -0.815. The molecule has 3 unspecified atom stereocenters.